The van der Waals surface area contributed by atoms with Crippen molar-refractivity contribution >= 4 is 41.0 Å². The molecule has 0 radical (unpaired) electrons. The highest BCUT2D eigenvalue weighted by atomic mass is 127. The summed E-state index contributed by atoms with van der Waals surface area (Å²) in [5.41, 5.74) is 2.29. The number of rotatable bonds is 6. The number of nitrogens with one attached hydrogen (secondary N) is 2. The Labute approximate surface area is 173 Å². The third-order valence-electron chi connectivity index (χ3n) is 5.10. The van der Waals surface area contributed by atoms with E-state index in [9.17, 15) is 0 Å². The average Bonchev–Trinajstić information content (AvgIpc) is 3.17. The predicted octanol–water partition coefficient (Wildman–Crippen LogP) is 2.61. The van der Waals surface area contributed by atoms with E-state index in [1.165, 1.54) is 24.9 Å². The van der Waals surface area contributed by atoms with Crippen molar-refractivity contribution in [1.29, 1.82) is 0 Å². The first-order valence-corrected chi connectivity index (χ1v) is 9.25. The number of fused-ring (bicyclic) bond motifs is 1. The number of hydrogen-bond acceptors (Lipinski definition) is 3. The lowest BCUT2D eigenvalue weighted by atomic mass is 10.2. The number of imidazole rings is 1. The van der Waals surface area contributed by atoms with E-state index in [1.807, 2.05) is 13.1 Å². The summed E-state index contributed by atoms with van der Waals surface area (Å²) in [6.07, 6.45) is 3.60. The van der Waals surface area contributed by atoms with Gasteiger partial charge in [0.25, 0.3) is 0 Å². The van der Waals surface area contributed by atoms with Gasteiger partial charge in [-0.25, -0.2) is 4.98 Å². The predicted molar refractivity (Wildman–Crippen MR) is 120 cm³/mol. The minimum atomic E-state index is 0. The van der Waals surface area contributed by atoms with Gasteiger partial charge in [-0.1, -0.05) is 12.1 Å². The fourth-order valence-electron chi connectivity index (χ4n) is 3.59. The highest BCUT2D eigenvalue weighted by molar-refractivity contribution is 14.0. The summed E-state index contributed by atoms with van der Waals surface area (Å²) in [6.45, 7) is 6.10. The summed E-state index contributed by atoms with van der Waals surface area (Å²) in [4.78, 5) is 11.4. The molecule has 0 amide bonds. The van der Waals surface area contributed by atoms with Crippen LogP contribution in [-0.2, 0) is 6.54 Å². The van der Waals surface area contributed by atoms with E-state index >= 15 is 0 Å². The van der Waals surface area contributed by atoms with Crippen molar-refractivity contribution in [3.05, 3.63) is 30.1 Å². The number of aliphatic imine (C=N–C) groups is 1. The van der Waals surface area contributed by atoms with Gasteiger partial charge in [0, 0.05) is 32.7 Å². The fourth-order valence-corrected chi connectivity index (χ4v) is 3.59. The van der Waals surface area contributed by atoms with E-state index in [2.05, 4.69) is 62.2 Å². The molecule has 1 saturated heterocycles. The van der Waals surface area contributed by atoms with Crippen LogP contribution in [-0.4, -0.2) is 60.2 Å². The molecular weight excluding hydrogens is 439 g/mol. The largest absolute Gasteiger partial charge is 0.356 e. The molecule has 1 aromatic heterocycles. The van der Waals surface area contributed by atoms with Crippen LogP contribution in [0.1, 0.15) is 25.1 Å². The molecule has 6 nitrogen and oxygen atoms in total. The van der Waals surface area contributed by atoms with Gasteiger partial charge in [-0.3, -0.25) is 4.99 Å². The lowest BCUT2D eigenvalue weighted by Gasteiger charge is -2.21. The van der Waals surface area contributed by atoms with Crippen molar-refractivity contribution in [1.82, 2.24) is 25.1 Å². The molecule has 2 aromatic rings. The zero-order valence-electron chi connectivity index (χ0n) is 16.0. The third kappa shape index (κ3) is 5.09. The Balaban J connectivity index is 0.00000243. The van der Waals surface area contributed by atoms with E-state index in [1.54, 1.807) is 0 Å². The number of benzene rings is 1. The van der Waals surface area contributed by atoms with Crippen molar-refractivity contribution in [2.24, 2.45) is 4.99 Å². The highest BCUT2D eigenvalue weighted by Gasteiger charge is 2.20. The summed E-state index contributed by atoms with van der Waals surface area (Å²) in [6, 6.07) is 8.95. The van der Waals surface area contributed by atoms with E-state index < -0.39 is 0 Å². The number of guanidine groups is 1. The van der Waals surface area contributed by atoms with Crippen LogP contribution in [0.2, 0.25) is 0 Å². The second kappa shape index (κ2) is 10.1. The van der Waals surface area contributed by atoms with Gasteiger partial charge < -0.3 is 20.1 Å². The number of aromatic nitrogens is 2. The molecule has 1 aliphatic rings. The quantitative estimate of drug-likeness (QED) is 0.295. The normalized spacial score (nSPS) is 18.1. The Bertz CT molecular complexity index is 726. The molecule has 1 unspecified atom stereocenters. The molecule has 26 heavy (non-hydrogen) atoms. The molecule has 1 aliphatic heterocycles. The van der Waals surface area contributed by atoms with Crippen LogP contribution >= 0.6 is 24.0 Å². The Morgan fingerprint density at radius 3 is 2.85 bits per heavy atom. The van der Waals surface area contributed by atoms with Gasteiger partial charge in [-0.15, -0.1) is 24.0 Å². The first kappa shape index (κ1) is 21.0. The molecule has 7 heteroatoms. The van der Waals surface area contributed by atoms with Gasteiger partial charge >= 0.3 is 0 Å². The molecule has 0 aliphatic carbocycles. The lowest BCUT2D eigenvalue weighted by Crippen LogP contribution is -2.44. The summed E-state index contributed by atoms with van der Waals surface area (Å²) in [7, 11) is 4.04. The number of nitrogens with zero attached hydrogens (tertiary/aromatic N) is 4. The molecule has 2 N–H and O–H groups in total. The van der Waals surface area contributed by atoms with Gasteiger partial charge in [0.1, 0.15) is 5.82 Å². The van der Waals surface area contributed by atoms with E-state index in [-0.39, 0.29) is 24.0 Å². The van der Waals surface area contributed by atoms with Crippen LogP contribution < -0.4 is 10.6 Å². The van der Waals surface area contributed by atoms with E-state index in [0.29, 0.717) is 6.04 Å². The maximum atomic E-state index is 4.63. The Hall–Kier alpha value is -1.35. The van der Waals surface area contributed by atoms with Crippen LogP contribution in [0.15, 0.2) is 29.3 Å². The number of likely N-dealkylation sites (tertiary alicyclic amines) is 1. The van der Waals surface area contributed by atoms with Crippen molar-refractivity contribution in [3.8, 4) is 0 Å². The smallest absolute Gasteiger partial charge is 0.191 e. The second-order valence-corrected chi connectivity index (χ2v) is 6.81. The molecule has 1 atom stereocenters. The van der Waals surface area contributed by atoms with Gasteiger partial charge in [0.2, 0.25) is 0 Å². The van der Waals surface area contributed by atoms with Crippen molar-refractivity contribution in [2.75, 3.05) is 33.7 Å². The first-order valence-electron chi connectivity index (χ1n) is 9.25. The molecule has 0 bridgehead atoms. The number of halogens is 1. The fraction of sp³-hybridized carbons (Fsp3) is 0.579. The SMILES string of the molecule is CN=C(NCCCn1c(C)nc2ccccc21)NCC1CCCN1C.I. The van der Waals surface area contributed by atoms with Crippen LogP contribution in [0.5, 0.6) is 0 Å². The molecule has 0 spiro atoms. The minimum absolute atomic E-state index is 0. The summed E-state index contributed by atoms with van der Waals surface area (Å²) in [5.74, 6) is 1.97. The monoisotopic (exact) mass is 470 g/mol. The maximum Gasteiger partial charge on any atom is 0.191 e. The molecule has 144 valence electrons. The first-order chi connectivity index (χ1) is 12.2. The van der Waals surface area contributed by atoms with Crippen LogP contribution in [0.3, 0.4) is 0 Å². The summed E-state index contributed by atoms with van der Waals surface area (Å²) < 4.78 is 2.29. The second-order valence-electron chi connectivity index (χ2n) is 6.81. The average molecular weight is 470 g/mol. The van der Waals surface area contributed by atoms with Crippen molar-refractivity contribution in [2.45, 2.75) is 38.8 Å². The van der Waals surface area contributed by atoms with Gasteiger partial charge in [-0.2, -0.15) is 0 Å². The Morgan fingerprint density at radius 2 is 2.12 bits per heavy atom. The van der Waals surface area contributed by atoms with Crippen LogP contribution in [0.4, 0.5) is 0 Å². The Kier molecular flexibility index (Phi) is 8.15. The van der Waals surface area contributed by atoms with Crippen LogP contribution in [0.25, 0.3) is 11.0 Å². The summed E-state index contributed by atoms with van der Waals surface area (Å²) in [5, 5.41) is 6.88. The zero-order chi connectivity index (χ0) is 17.6. The zero-order valence-corrected chi connectivity index (χ0v) is 18.4. The van der Waals surface area contributed by atoms with E-state index in [0.717, 1.165) is 43.4 Å². The number of likely N-dealkylation sites (N-methyl/N-ethyl adjacent to an activating group) is 1. The number of aryl methyl sites for hydroxylation is 2. The molecule has 2 heterocycles. The highest BCUT2D eigenvalue weighted by Crippen LogP contribution is 2.15. The van der Waals surface area contributed by atoms with Crippen LogP contribution in [0, 0.1) is 6.92 Å². The lowest BCUT2D eigenvalue weighted by molar-refractivity contribution is 0.309. The molecule has 1 fully saturated rings. The van der Waals surface area contributed by atoms with Gasteiger partial charge in [0.15, 0.2) is 5.96 Å². The standard InChI is InChI=1S/C19H30N6.HI/c1-15-23-17-9-4-5-10-18(17)25(15)13-7-11-21-19(20-2)22-14-16-8-6-12-24(16)3;/h4-5,9-10,16H,6-8,11-14H2,1-3H3,(H2,20,21,22);1H. The molecule has 1 aromatic carbocycles. The maximum absolute atomic E-state index is 4.63. The topological polar surface area (TPSA) is 57.5 Å². The van der Waals surface area contributed by atoms with Gasteiger partial charge in [0.05, 0.1) is 11.0 Å². The Morgan fingerprint density at radius 1 is 1.31 bits per heavy atom. The molecule has 0 saturated carbocycles. The summed E-state index contributed by atoms with van der Waals surface area (Å²) >= 11 is 0. The van der Waals surface area contributed by atoms with Crippen molar-refractivity contribution in [3.63, 3.8) is 0 Å². The molecule has 3 rings (SSSR count). The third-order valence-corrected chi connectivity index (χ3v) is 5.10. The minimum Gasteiger partial charge on any atom is -0.356 e. The number of para-hydroxylation sites is 2. The van der Waals surface area contributed by atoms with E-state index in [4.69, 9.17) is 0 Å². The van der Waals surface area contributed by atoms with Crippen molar-refractivity contribution < 1.29 is 0 Å². The molecular formula is C19H31IN6. The number of hydrogen-bond donors (Lipinski definition) is 2. The van der Waals surface area contributed by atoms with Gasteiger partial charge in [-0.05, 0) is 51.9 Å².